The van der Waals surface area contributed by atoms with Gasteiger partial charge in [0, 0.05) is 61.9 Å². The van der Waals surface area contributed by atoms with E-state index in [0.717, 1.165) is 37.4 Å². The standard InChI is InChI=1S/C19H22N6O/c1-2-14(3-1)16-12-18(21-13-20-16)24-9-5-15(6-10-24)26-19-7-11-25-17(23-19)4-8-22-25/h4,7-8,11-15H,1-3,5-6,9-10H2. The molecule has 0 amide bonds. The normalized spacial score (nSPS) is 18.8. The predicted molar refractivity (Wildman–Crippen MR) is 97.5 cm³/mol. The Morgan fingerprint density at radius 2 is 1.92 bits per heavy atom. The van der Waals surface area contributed by atoms with E-state index in [2.05, 4.69) is 31.0 Å². The monoisotopic (exact) mass is 350 g/mol. The molecule has 2 aliphatic rings. The van der Waals surface area contributed by atoms with Gasteiger partial charge in [0.1, 0.15) is 18.2 Å². The molecule has 0 unspecified atom stereocenters. The maximum atomic E-state index is 6.09. The van der Waals surface area contributed by atoms with E-state index >= 15 is 0 Å². The summed E-state index contributed by atoms with van der Waals surface area (Å²) in [6, 6.07) is 5.94. The Labute approximate surface area is 152 Å². The Morgan fingerprint density at radius 3 is 2.73 bits per heavy atom. The first kappa shape index (κ1) is 15.5. The quantitative estimate of drug-likeness (QED) is 0.721. The molecule has 1 saturated heterocycles. The molecule has 7 heteroatoms. The molecule has 2 fully saturated rings. The molecule has 4 heterocycles. The SMILES string of the molecule is c1nc(C2CCC2)cc(N2CCC(Oc3ccn4nccc4n3)CC2)n1. The second-order valence-corrected chi connectivity index (χ2v) is 7.13. The molecule has 7 nitrogen and oxygen atoms in total. The zero-order valence-corrected chi connectivity index (χ0v) is 14.7. The van der Waals surface area contributed by atoms with Crippen LogP contribution >= 0.6 is 0 Å². The highest BCUT2D eigenvalue weighted by atomic mass is 16.5. The third kappa shape index (κ3) is 2.98. The number of aromatic nitrogens is 5. The smallest absolute Gasteiger partial charge is 0.217 e. The molecule has 1 saturated carbocycles. The fraction of sp³-hybridized carbons (Fsp3) is 0.474. The van der Waals surface area contributed by atoms with E-state index in [0.29, 0.717) is 11.8 Å². The highest BCUT2D eigenvalue weighted by Gasteiger charge is 2.25. The number of hydrogen-bond donors (Lipinski definition) is 0. The fourth-order valence-electron chi connectivity index (χ4n) is 3.70. The summed E-state index contributed by atoms with van der Waals surface area (Å²) < 4.78 is 7.83. The second kappa shape index (κ2) is 6.55. The molecule has 0 N–H and O–H groups in total. The number of ether oxygens (including phenoxy) is 1. The van der Waals surface area contributed by atoms with E-state index in [4.69, 9.17) is 4.74 Å². The first-order valence-corrected chi connectivity index (χ1v) is 9.39. The number of hydrogen-bond acceptors (Lipinski definition) is 6. The van der Waals surface area contributed by atoms with E-state index in [9.17, 15) is 0 Å². The van der Waals surface area contributed by atoms with Crippen molar-refractivity contribution >= 4 is 11.5 Å². The molecular weight excluding hydrogens is 328 g/mol. The molecule has 1 aliphatic carbocycles. The van der Waals surface area contributed by atoms with Gasteiger partial charge in [-0.3, -0.25) is 0 Å². The van der Waals surface area contributed by atoms with Gasteiger partial charge in [-0.2, -0.15) is 10.1 Å². The van der Waals surface area contributed by atoms with Crippen molar-refractivity contribution in [2.24, 2.45) is 0 Å². The second-order valence-electron chi connectivity index (χ2n) is 7.13. The van der Waals surface area contributed by atoms with Crippen LogP contribution in [0.1, 0.15) is 43.7 Å². The zero-order valence-electron chi connectivity index (χ0n) is 14.7. The Kier molecular flexibility index (Phi) is 3.92. The van der Waals surface area contributed by atoms with Gasteiger partial charge in [-0.25, -0.2) is 14.5 Å². The molecule has 1 aliphatic heterocycles. The summed E-state index contributed by atoms with van der Waals surface area (Å²) in [5.41, 5.74) is 2.02. The first-order chi connectivity index (χ1) is 12.8. The van der Waals surface area contributed by atoms with Crippen LogP contribution in [0.4, 0.5) is 5.82 Å². The van der Waals surface area contributed by atoms with Crippen LogP contribution in [-0.4, -0.2) is 43.8 Å². The van der Waals surface area contributed by atoms with Gasteiger partial charge in [-0.05, 0) is 12.8 Å². The van der Waals surface area contributed by atoms with Crippen molar-refractivity contribution in [3.05, 3.63) is 42.6 Å². The third-order valence-electron chi connectivity index (χ3n) is 5.48. The molecule has 0 spiro atoms. The molecule has 0 aromatic carbocycles. The van der Waals surface area contributed by atoms with Crippen LogP contribution in [0.5, 0.6) is 5.88 Å². The first-order valence-electron chi connectivity index (χ1n) is 9.39. The van der Waals surface area contributed by atoms with Gasteiger partial charge in [0.05, 0.1) is 6.20 Å². The maximum Gasteiger partial charge on any atom is 0.217 e. The highest BCUT2D eigenvalue weighted by Crippen LogP contribution is 2.36. The Morgan fingerprint density at radius 1 is 1.04 bits per heavy atom. The Balaban J connectivity index is 1.22. The number of fused-ring (bicyclic) bond motifs is 1. The number of anilines is 1. The van der Waals surface area contributed by atoms with Crippen molar-refractivity contribution in [2.45, 2.75) is 44.1 Å². The van der Waals surface area contributed by atoms with Crippen molar-refractivity contribution in [1.82, 2.24) is 24.6 Å². The average Bonchev–Trinajstić information content (AvgIpc) is 3.09. The van der Waals surface area contributed by atoms with Crippen LogP contribution in [0.25, 0.3) is 5.65 Å². The molecule has 134 valence electrons. The maximum absolute atomic E-state index is 6.09. The summed E-state index contributed by atoms with van der Waals surface area (Å²) in [7, 11) is 0. The summed E-state index contributed by atoms with van der Waals surface area (Å²) in [5.74, 6) is 2.37. The lowest BCUT2D eigenvalue weighted by molar-refractivity contribution is 0.164. The minimum atomic E-state index is 0.192. The molecular formula is C19H22N6O. The van der Waals surface area contributed by atoms with Gasteiger partial charge in [0.2, 0.25) is 5.88 Å². The molecule has 0 atom stereocenters. The van der Waals surface area contributed by atoms with Crippen LogP contribution in [0, 0.1) is 0 Å². The van der Waals surface area contributed by atoms with Crippen molar-refractivity contribution in [3.8, 4) is 5.88 Å². The number of piperidine rings is 1. The molecule has 5 rings (SSSR count). The summed E-state index contributed by atoms with van der Waals surface area (Å²) in [4.78, 5) is 15.8. The van der Waals surface area contributed by atoms with Crippen LogP contribution < -0.4 is 9.64 Å². The lowest BCUT2D eigenvalue weighted by atomic mass is 9.83. The average molecular weight is 350 g/mol. The molecule has 26 heavy (non-hydrogen) atoms. The molecule has 0 radical (unpaired) electrons. The van der Waals surface area contributed by atoms with Crippen LogP contribution in [0.15, 0.2) is 36.9 Å². The minimum absolute atomic E-state index is 0.192. The van der Waals surface area contributed by atoms with Crippen molar-refractivity contribution < 1.29 is 4.74 Å². The lowest BCUT2D eigenvalue weighted by Gasteiger charge is -2.33. The Hall–Kier alpha value is -2.70. The van der Waals surface area contributed by atoms with E-state index in [1.165, 1.54) is 25.0 Å². The highest BCUT2D eigenvalue weighted by molar-refractivity contribution is 5.41. The van der Waals surface area contributed by atoms with Crippen molar-refractivity contribution in [1.29, 1.82) is 0 Å². The topological polar surface area (TPSA) is 68.4 Å². The van der Waals surface area contributed by atoms with E-state index in [-0.39, 0.29) is 6.10 Å². The summed E-state index contributed by atoms with van der Waals surface area (Å²) in [6.07, 6.45) is 11.3. The summed E-state index contributed by atoms with van der Waals surface area (Å²) in [6.45, 7) is 1.89. The van der Waals surface area contributed by atoms with Gasteiger partial charge in [-0.1, -0.05) is 6.42 Å². The number of rotatable bonds is 4. The Bertz CT molecular complexity index is 898. The minimum Gasteiger partial charge on any atom is -0.474 e. The number of nitrogens with zero attached hydrogens (tertiary/aromatic N) is 6. The third-order valence-corrected chi connectivity index (χ3v) is 5.48. The van der Waals surface area contributed by atoms with E-state index in [1.807, 2.05) is 18.3 Å². The zero-order chi connectivity index (χ0) is 17.3. The molecule has 3 aromatic heterocycles. The largest absolute Gasteiger partial charge is 0.474 e. The van der Waals surface area contributed by atoms with Crippen LogP contribution in [0.2, 0.25) is 0 Å². The van der Waals surface area contributed by atoms with Crippen LogP contribution in [0.3, 0.4) is 0 Å². The van der Waals surface area contributed by atoms with Gasteiger partial charge < -0.3 is 9.64 Å². The lowest BCUT2D eigenvalue weighted by Crippen LogP contribution is -2.39. The van der Waals surface area contributed by atoms with Crippen LogP contribution in [-0.2, 0) is 0 Å². The fourth-order valence-corrected chi connectivity index (χ4v) is 3.70. The van der Waals surface area contributed by atoms with E-state index < -0.39 is 0 Å². The van der Waals surface area contributed by atoms with Gasteiger partial charge in [0.15, 0.2) is 5.65 Å². The van der Waals surface area contributed by atoms with Crippen molar-refractivity contribution in [3.63, 3.8) is 0 Å². The van der Waals surface area contributed by atoms with Gasteiger partial charge >= 0.3 is 0 Å². The molecule has 0 bridgehead atoms. The molecule has 3 aromatic rings. The van der Waals surface area contributed by atoms with E-state index in [1.54, 1.807) is 17.0 Å². The van der Waals surface area contributed by atoms with Gasteiger partial charge in [0.25, 0.3) is 0 Å². The predicted octanol–water partition coefficient (Wildman–Crippen LogP) is 2.83. The summed E-state index contributed by atoms with van der Waals surface area (Å²) in [5, 5.41) is 4.16. The van der Waals surface area contributed by atoms with Gasteiger partial charge in [-0.15, -0.1) is 0 Å². The summed E-state index contributed by atoms with van der Waals surface area (Å²) >= 11 is 0. The van der Waals surface area contributed by atoms with Crippen molar-refractivity contribution in [2.75, 3.05) is 18.0 Å².